The van der Waals surface area contributed by atoms with Crippen LogP contribution in [0, 0.1) is 5.41 Å². The second-order valence-electron chi connectivity index (χ2n) is 8.45. The Balaban J connectivity index is 3.14. The molecule has 21 heavy (non-hydrogen) atoms. The van der Waals surface area contributed by atoms with Gasteiger partial charge in [-0.15, -0.1) is 0 Å². The third-order valence-corrected chi connectivity index (χ3v) is 3.54. The Bertz CT molecular complexity index is 501. The van der Waals surface area contributed by atoms with Crippen molar-refractivity contribution in [1.82, 2.24) is 5.32 Å². The Labute approximate surface area is 130 Å². The monoisotopic (exact) mass is 289 g/mol. The largest absolute Gasteiger partial charge is 0.352 e. The minimum absolute atomic E-state index is 0.0326. The average Bonchev–Trinajstić information content (AvgIpc) is 2.33. The maximum absolute atomic E-state index is 12.5. The van der Waals surface area contributed by atoms with E-state index < -0.39 is 0 Å². The summed E-state index contributed by atoms with van der Waals surface area (Å²) in [6.07, 6.45) is 0. The van der Waals surface area contributed by atoms with Crippen LogP contribution < -0.4 is 5.32 Å². The lowest BCUT2D eigenvalue weighted by atomic mass is 9.81. The number of hydrogen-bond donors (Lipinski definition) is 1. The molecule has 0 aliphatic rings. The van der Waals surface area contributed by atoms with Crippen molar-refractivity contribution in [2.75, 3.05) is 6.54 Å². The van der Waals surface area contributed by atoms with Crippen LogP contribution in [0.1, 0.15) is 82.8 Å². The van der Waals surface area contributed by atoms with Gasteiger partial charge in [0.05, 0.1) is 0 Å². The topological polar surface area (TPSA) is 29.1 Å². The van der Waals surface area contributed by atoms with Crippen molar-refractivity contribution in [3.05, 3.63) is 34.9 Å². The van der Waals surface area contributed by atoms with Gasteiger partial charge >= 0.3 is 0 Å². The lowest BCUT2D eigenvalue weighted by Gasteiger charge is -2.25. The molecule has 0 unspecified atom stereocenters. The van der Waals surface area contributed by atoms with Crippen LogP contribution in [0.5, 0.6) is 0 Å². The summed E-state index contributed by atoms with van der Waals surface area (Å²) in [5, 5.41) is 3.06. The molecule has 1 rings (SSSR count). The second kappa shape index (κ2) is 6.21. The molecule has 0 spiro atoms. The molecule has 2 nitrogen and oxygen atoms in total. The van der Waals surface area contributed by atoms with Crippen LogP contribution in [0.15, 0.2) is 18.2 Å². The molecule has 118 valence electrons. The van der Waals surface area contributed by atoms with Crippen molar-refractivity contribution in [3.8, 4) is 0 Å². The summed E-state index contributed by atoms with van der Waals surface area (Å²) in [5.74, 6) is 0.503. The highest BCUT2D eigenvalue weighted by Gasteiger charge is 2.23. The molecule has 0 fully saturated rings. The molecule has 0 saturated heterocycles. The molecule has 1 amide bonds. The Morgan fingerprint density at radius 3 is 2.10 bits per heavy atom. The van der Waals surface area contributed by atoms with E-state index in [1.807, 2.05) is 6.07 Å². The fourth-order valence-electron chi connectivity index (χ4n) is 2.18. The average molecular weight is 289 g/mol. The SMILES string of the molecule is CC(C)c1ccc(C(=O)NCC(C)(C)C)c(C(C)(C)C)c1. The third-order valence-electron chi connectivity index (χ3n) is 3.54. The molecular formula is C19H31NO. The summed E-state index contributed by atoms with van der Waals surface area (Å²) in [5.41, 5.74) is 3.26. The lowest BCUT2D eigenvalue weighted by Crippen LogP contribution is -2.33. The molecule has 1 aromatic rings. The summed E-state index contributed by atoms with van der Waals surface area (Å²) in [7, 11) is 0. The van der Waals surface area contributed by atoms with Gasteiger partial charge in [-0.05, 0) is 33.9 Å². The molecule has 0 bridgehead atoms. The van der Waals surface area contributed by atoms with Gasteiger partial charge in [0, 0.05) is 12.1 Å². The number of amides is 1. The first-order valence-corrected chi connectivity index (χ1v) is 7.84. The van der Waals surface area contributed by atoms with Gasteiger partial charge < -0.3 is 5.32 Å². The smallest absolute Gasteiger partial charge is 0.251 e. The van der Waals surface area contributed by atoms with E-state index in [2.05, 4.69) is 72.8 Å². The van der Waals surface area contributed by atoms with Gasteiger partial charge in [-0.1, -0.05) is 67.5 Å². The molecule has 0 aliphatic heterocycles. The van der Waals surface area contributed by atoms with Crippen molar-refractivity contribution < 1.29 is 4.79 Å². The first-order chi connectivity index (χ1) is 9.42. The quantitative estimate of drug-likeness (QED) is 0.844. The predicted octanol–water partition coefficient (Wildman–Crippen LogP) is 4.88. The molecule has 1 aromatic carbocycles. The maximum atomic E-state index is 12.5. The van der Waals surface area contributed by atoms with Crippen LogP contribution in [-0.4, -0.2) is 12.5 Å². The maximum Gasteiger partial charge on any atom is 0.251 e. The Hall–Kier alpha value is -1.31. The van der Waals surface area contributed by atoms with Gasteiger partial charge in [0.25, 0.3) is 5.91 Å². The van der Waals surface area contributed by atoms with E-state index in [4.69, 9.17) is 0 Å². The number of nitrogens with one attached hydrogen (secondary N) is 1. The van der Waals surface area contributed by atoms with E-state index in [9.17, 15) is 4.79 Å². The summed E-state index contributed by atoms with van der Waals surface area (Å²) < 4.78 is 0. The molecular weight excluding hydrogens is 258 g/mol. The summed E-state index contributed by atoms with van der Waals surface area (Å²) in [6.45, 7) is 17.9. The van der Waals surface area contributed by atoms with Crippen LogP contribution in [0.25, 0.3) is 0 Å². The van der Waals surface area contributed by atoms with Crippen molar-refractivity contribution in [2.24, 2.45) is 5.41 Å². The highest BCUT2D eigenvalue weighted by Crippen LogP contribution is 2.29. The number of carbonyl (C=O) groups is 1. The van der Waals surface area contributed by atoms with Crippen LogP contribution >= 0.6 is 0 Å². The van der Waals surface area contributed by atoms with E-state index in [0.717, 1.165) is 11.1 Å². The first-order valence-electron chi connectivity index (χ1n) is 7.84. The molecule has 0 saturated carbocycles. The zero-order chi connectivity index (χ0) is 16.4. The number of carbonyl (C=O) groups excluding carboxylic acids is 1. The number of benzene rings is 1. The molecule has 1 N–H and O–H groups in total. The molecule has 0 radical (unpaired) electrons. The van der Waals surface area contributed by atoms with Crippen molar-refractivity contribution in [1.29, 1.82) is 0 Å². The molecule has 0 aromatic heterocycles. The number of rotatable bonds is 3. The van der Waals surface area contributed by atoms with E-state index in [1.165, 1.54) is 5.56 Å². The second-order valence-corrected chi connectivity index (χ2v) is 8.45. The van der Waals surface area contributed by atoms with Gasteiger partial charge in [-0.25, -0.2) is 0 Å². The van der Waals surface area contributed by atoms with Crippen LogP contribution in [0.4, 0.5) is 0 Å². The van der Waals surface area contributed by atoms with E-state index in [-0.39, 0.29) is 16.7 Å². The predicted molar refractivity (Wildman–Crippen MR) is 91.0 cm³/mol. The molecule has 0 atom stereocenters. The highest BCUT2D eigenvalue weighted by molar-refractivity contribution is 5.96. The summed E-state index contributed by atoms with van der Waals surface area (Å²) in [4.78, 5) is 12.5. The number of hydrogen-bond acceptors (Lipinski definition) is 1. The fourth-order valence-corrected chi connectivity index (χ4v) is 2.18. The molecule has 0 heterocycles. The van der Waals surface area contributed by atoms with Gasteiger partial charge in [-0.2, -0.15) is 0 Å². The normalized spacial score (nSPS) is 12.6. The van der Waals surface area contributed by atoms with Crippen molar-refractivity contribution in [3.63, 3.8) is 0 Å². The highest BCUT2D eigenvalue weighted by atomic mass is 16.1. The summed E-state index contributed by atoms with van der Waals surface area (Å²) in [6, 6.07) is 6.25. The van der Waals surface area contributed by atoms with Gasteiger partial charge in [0.1, 0.15) is 0 Å². The molecule has 2 heteroatoms. The van der Waals surface area contributed by atoms with E-state index in [0.29, 0.717) is 12.5 Å². The van der Waals surface area contributed by atoms with Crippen molar-refractivity contribution in [2.45, 2.75) is 66.7 Å². The summed E-state index contributed by atoms with van der Waals surface area (Å²) >= 11 is 0. The van der Waals surface area contributed by atoms with Gasteiger partial charge in [-0.3, -0.25) is 4.79 Å². The van der Waals surface area contributed by atoms with Gasteiger partial charge in [0.15, 0.2) is 0 Å². The minimum Gasteiger partial charge on any atom is -0.352 e. The Morgan fingerprint density at radius 2 is 1.67 bits per heavy atom. The van der Waals surface area contributed by atoms with Crippen molar-refractivity contribution >= 4 is 5.91 Å². The first kappa shape index (κ1) is 17.7. The zero-order valence-electron chi connectivity index (χ0n) is 14.9. The van der Waals surface area contributed by atoms with Crippen LogP contribution in [0.3, 0.4) is 0 Å². The fraction of sp³-hybridized carbons (Fsp3) is 0.632. The van der Waals surface area contributed by atoms with Gasteiger partial charge in [0.2, 0.25) is 0 Å². The van der Waals surface area contributed by atoms with Crippen LogP contribution in [-0.2, 0) is 5.41 Å². The van der Waals surface area contributed by atoms with E-state index in [1.54, 1.807) is 0 Å². The van der Waals surface area contributed by atoms with E-state index >= 15 is 0 Å². The minimum atomic E-state index is -0.0424. The van der Waals surface area contributed by atoms with Crippen LogP contribution in [0.2, 0.25) is 0 Å². The third kappa shape index (κ3) is 5.18. The molecule has 0 aliphatic carbocycles. The Morgan fingerprint density at radius 1 is 1.10 bits per heavy atom. The standard InChI is InChI=1S/C19H31NO/c1-13(2)14-9-10-15(16(11-14)19(6,7)8)17(21)20-12-18(3,4)5/h9-11,13H,12H2,1-8H3,(H,20,21). The lowest BCUT2D eigenvalue weighted by molar-refractivity contribution is 0.0937. The Kier molecular flexibility index (Phi) is 5.25. The zero-order valence-corrected chi connectivity index (χ0v) is 14.9.